The average molecular weight is 214 g/mol. The summed E-state index contributed by atoms with van der Waals surface area (Å²) in [5, 5.41) is 3.64. The van der Waals surface area contributed by atoms with Gasteiger partial charge >= 0.3 is 5.69 Å². The lowest BCUT2D eigenvalue weighted by Crippen LogP contribution is -2.38. The summed E-state index contributed by atoms with van der Waals surface area (Å²) in [5.74, 6) is 0. The summed E-state index contributed by atoms with van der Waals surface area (Å²) >= 11 is 6.40. The molecular formula is C5H13NO2PS2+. The van der Waals surface area contributed by atoms with Crippen LogP contribution < -0.4 is 5.14 Å². The zero-order valence-corrected chi connectivity index (χ0v) is 9.23. The van der Waals surface area contributed by atoms with Crippen molar-refractivity contribution in [1.82, 2.24) is 0 Å². The van der Waals surface area contributed by atoms with Crippen LogP contribution in [0.25, 0.3) is 0 Å². The van der Waals surface area contributed by atoms with Crippen molar-refractivity contribution in [3.63, 3.8) is 0 Å². The van der Waals surface area contributed by atoms with Crippen LogP contribution in [-0.2, 0) is 20.9 Å². The Bertz CT molecular complexity index is 183. The minimum atomic E-state index is -2.04. The van der Waals surface area contributed by atoms with E-state index in [9.17, 15) is 0 Å². The van der Waals surface area contributed by atoms with Gasteiger partial charge in [-0.1, -0.05) is 13.8 Å². The Labute approximate surface area is 76.1 Å². The Morgan fingerprint density at radius 3 is 2.27 bits per heavy atom. The van der Waals surface area contributed by atoms with Crippen molar-refractivity contribution in [3.05, 3.63) is 0 Å². The SMILES string of the molecule is CC1(C)COP(=S)(S[NH3+])OC1. The summed E-state index contributed by atoms with van der Waals surface area (Å²) in [4.78, 5) is 0. The molecule has 66 valence electrons. The van der Waals surface area contributed by atoms with Gasteiger partial charge in [0.15, 0.2) is 11.6 Å². The maximum Gasteiger partial charge on any atom is 0.305 e. The van der Waals surface area contributed by atoms with E-state index in [1.165, 1.54) is 11.6 Å². The van der Waals surface area contributed by atoms with Gasteiger partial charge in [-0.05, 0) is 11.8 Å². The van der Waals surface area contributed by atoms with Gasteiger partial charge in [0.2, 0.25) is 0 Å². The summed E-state index contributed by atoms with van der Waals surface area (Å²) in [5.41, 5.74) is -1.93. The quantitative estimate of drug-likeness (QED) is 0.526. The van der Waals surface area contributed by atoms with Crippen molar-refractivity contribution in [2.24, 2.45) is 5.41 Å². The predicted molar refractivity (Wildman–Crippen MR) is 50.4 cm³/mol. The second-order valence-electron chi connectivity index (χ2n) is 3.29. The topological polar surface area (TPSA) is 46.1 Å². The summed E-state index contributed by atoms with van der Waals surface area (Å²) in [6.45, 7) is 5.57. The molecule has 11 heavy (non-hydrogen) atoms. The molecule has 0 aromatic carbocycles. The van der Waals surface area contributed by atoms with E-state index < -0.39 is 5.69 Å². The van der Waals surface area contributed by atoms with Gasteiger partial charge in [0, 0.05) is 5.41 Å². The highest BCUT2D eigenvalue weighted by molar-refractivity contribution is 8.65. The van der Waals surface area contributed by atoms with Crippen LogP contribution in [0, 0.1) is 5.41 Å². The molecule has 1 heterocycles. The molecule has 0 aliphatic carbocycles. The molecule has 0 radical (unpaired) electrons. The van der Waals surface area contributed by atoms with Crippen LogP contribution in [0.3, 0.4) is 0 Å². The number of quaternary nitrogens is 1. The van der Waals surface area contributed by atoms with Gasteiger partial charge in [-0.2, -0.15) is 0 Å². The van der Waals surface area contributed by atoms with E-state index >= 15 is 0 Å². The fraction of sp³-hybridized carbons (Fsp3) is 1.00. The fourth-order valence-corrected chi connectivity index (χ4v) is 2.98. The Hall–Kier alpha value is 0.880. The fourth-order valence-electron chi connectivity index (χ4n) is 0.661. The summed E-state index contributed by atoms with van der Waals surface area (Å²) in [7, 11) is 0. The molecule has 0 saturated carbocycles. The normalized spacial score (nSPS) is 28.3. The minimum absolute atomic E-state index is 0.109. The monoisotopic (exact) mass is 214 g/mol. The van der Waals surface area contributed by atoms with E-state index in [1.54, 1.807) is 0 Å². The van der Waals surface area contributed by atoms with Gasteiger partial charge in [-0.3, -0.25) is 5.14 Å². The molecule has 0 bridgehead atoms. The maximum absolute atomic E-state index is 5.43. The molecule has 1 aliphatic heterocycles. The van der Waals surface area contributed by atoms with Gasteiger partial charge < -0.3 is 9.05 Å². The predicted octanol–water partition coefficient (Wildman–Crippen LogP) is 1.17. The van der Waals surface area contributed by atoms with Crippen LogP contribution in [0.15, 0.2) is 0 Å². The van der Waals surface area contributed by atoms with E-state index in [1.807, 2.05) is 0 Å². The molecule has 1 aliphatic rings. The average Bonchev–Trinajstić information content (AvgIpc) is 1.97. The molecule has 3 nitrogen and oxygen atoms in total. The molecule has 0 spiro atoms. The van der Waals surface area contributed by atoms with Crippen LogP contribution >= 0.6 is 17.3 Å². The molecule has 0 amide bonds. The molecule has 6 heteroatoms. The third-order valence-corrected chi connectivity index (χ3v) is 5.75. The maximum atomic E-state index is 5.43. The summed E-state index contributed by atoms with van der Waals surface area (Å²) < 4.78 is 10.9. The highest BCUT2D eigenvalue weighted by Crippen LogP contribution is 2.60. The lowest BCUT2D eigenvalue weighted by molar-refractivity contribution is -0.134. The van der Waals surface area contributed by atoms with Crippen molar-refractivity contribution >= 4 is 29.1 Å². The number of hydrogen-bond donors (Lipinski definition) is 1. The molecule has 0 aromatic rings. The molecular weight excluding hydrogens is 201 g/mol. The van der Waals surface area contributed by atoms with E-state index in [0.29, 0.717) is 13.2 Å². The van der Waals surface area contributed by atoms with Crippen molar-refractivity contribution in [2.75, 3.05) is 13.2 Å². The summed E-state index contributed by atoms with van der Waals surface area (Å²) in [6, 6.07) is 0. The van der Waals surface area contributed by atoms with Crippen molar-refractivity contribution in [2.45, 2.75) is 13.8 Å². The second-order valence-corrected chi connectivity index (χ2v) is 9.31. The molecule has 1 rings (SSSR count). The molecule has 0 aromatic heterocycles. The van der Waals surface area contributed by atoms with Gasteiger partial charge in [-0.15, -0.1) is 0 Å². The van der Waals surface area contributed by atoms with Gasteiger partial charge in [-0.25, -0.2) is 0 Å². The van der Waals surface area contributed by atoms with Crippen LogP contribution in [0.1, 0.15) is 13.8 Å². The van der Waals surface area contributed by atoms with Crippen molar-refractivity contribution in [1.29, 1.82) is 0 Å². The zero-order valence-electron chi connectivity index (χ0n) is 6.70. The highest BCUT2D eigenvalue weighted by atomic mass is 32.9. The van der Waals surface area contributed by atoms with Crippen LogP contribution in [0.2, 0.25) is 0 Å². The van der Waals surface area contributed by atoms with Gasteiger partial charge in [0.25, 0.3) is 0 Å². The second kappa shape index (κ2) is 3.32. The van der Waals surface area contributed by atoms with Gasteiger partial charge in [0.1, 0.15) is 0 Å². The van der Waals surface area contributed by atoms with Crippen LogP contribution in [0.5, 0.6) is 0 Å². The third-order valence-electron chi connectivity index (χ3n) is 1.38. The molecule has 3 N–H and O–H groups in total. The largest absolute Gasteiger partial charge is 0.317 e. The first-order valence-electron chi connectivity index (χ1n) is 3.30. The smallest absolute Gasteiger partial charge is 0.305 e. The van der Waals surface area contributed by atoms with E-state index in [4.69, 9.17) is 20.9 Å². The lowest BCUT2D eigenvalue weighted by atomic mass is 9.97. The molecule has 1 fully saturated rings. The molecule has 0 atom stereocenters. The van der Waals surface area contributed by atoms with E-state index in [2.05, 4.69) is 19.0 Å². The minimum Gasteiger partial charge on any atom is -0.317 e. The Morgan fingerprint density at radius 1 is 1.45 bits per heavy atom. The van der Waals surface area contributed by atoms with Crippen LogP contribution in [-0.4, -0.2) is 13.2 Å². The Balaban J connectivity index is 2.55. The lowest BCUT2D eigenvalue weighted by Gasteiger charge is -2.33. The van der Waals surface area contributed by atoms with Crippen molar-refractivity contribution in [3.8, 4) is 0 Å². The Kier molecular flexibility index (Phi) is 3.01. The summed E-state index contributed by atoms with van der Waals surface area (Å²) in [6.07, 6.45) is 0. The third kappa shape index (κ3) is 2.68. The standard InChI is InChI=1S/C5H12NO2PS2/c1-5(2)3-7-9(10,11-6)8-4-5/h3-4,6H2,1-2H3/p+1. The zero-order chi connectivity index (χ0) is 8.54. The van der Waals surface area contributed by atoms with Crippen molar-refractivity contribution < 1.29 is 14.2 Å². The van der Waals surface area contributed by atoms with E-state index in [0.717, 1.165) is 0 Å². The number of rotatable bonds is 1. The molecule has 0 unspecified atom stereocenters. The molecule has 1 saturated heterocycles. The van der Waals surface area contributed by atoms with Gasteiger partial charge in [0.05, 0.1) is 13.2 Å². The first-order valence-corrected chi connectivity index (χ1v) is 7.53. The van der Waals surface area contributed by atoms with E-state index in [-0.39, 0.29) is 5.41 Å². The van der Waals surface area contributed by atoms with Crippen LogP contribution in [0.4, 0.5) is 0 Å². The first kappa shape index (κ1) is 9.96. The highest BCUT2D eigenvalue weighted by Gasteiger charge is 2.34. The number of hydrogen-bond acceptors (Lipinski definition) is 4. The first-order chi connectivity index (χ1) is 4.97. The Morgan fingerprint density at radius 2 is 1.91 bits per heavy atom.